The highest BCUT2D eigenvalue weighted by atomic mass is 16.4. The number of fused-ring (bicyclic) bond motifs is 1. The van der Waals surface area contributed by atoms with Gasteiger partial charge in [0.25, 0.3) is 0 Å². The van der Waals surface area contributed by atoms with Gasteiger partial charge in [-0.05, 0) is 23.3 Å². The number of oxazole rings is 1. The number of hydrogen-bond donors (Lipinski definition) is 1. The summed E-state index contributed by atoms with van der Waals surface area (Å²) in [5, 5.41) is 8.99. The molecule has 0 aliphatic carbocycles. The minimum Gasteiger partial charge on any atom is -0.406 e. The zero-order chi connectivity index (χ0) is 13.2. The number of pyridine rings is 1. The molecule has 0 amide bonds. The Kier molecular flexibility index (Phi) is 2.89. The fourth-order valence-corrected chi connectivity index (χ4v) is 1.97. The first kappa shape index (κ1) is 11.7. The Morgan fingerprint density at radius 2 is 1.89 bits per heavy atom. The van der Waals surface area contributed by atoms with Gasteiger partial charge in [0.05, 0.1) is 13.2 Å². The zero-order valence-electron chi connectivity index (χ0n) is 10.1. The second-order valence-electron chi connectivity index (χ2n) is 4.25. The van der Waals surface area contributed by atoms with Crippen LogP contribution in [-0.4, -0.2) is 14.7 Å². The van der Waals surface area contributed by atoms with Crippen molar-refractivity contribution in [2.45, 2.75) is 13.2 Å². The molecule has 0 aliphatic heterocycles. The molecule has 2 heterocycles. The standard InChI is InChI=1S/C14H12N2O3/c17-9-11-5-3-10(4-6-11)8-16-13-12(19-14(16)18)2-1-7-15-13/h1-7,17H,8-9H2. The molecule has 0 aliphatic rings. The van der Waals surface area contributed by atoms with E-state index < -0.39 is 5.76 Å². The quantitative estimate of drug-likeness (QED) is 0.771. The molecule has 2 aromatic heterocycles. The van der Waals surface area contributed by atoms with Gasteiger partial charge >= 0.3 is 5.76 Å². The van der Waals surface area contributed by atoms with Crippen molar-refractivity contribution in [3.63, 3.8) is 0 Å². The van der Waals surface area contributed by atoms with Crippen LogP contribution in [0.1, 0.15) is 11.1 Å². The van der Waals surface area contributed by atoms with Crippen LogP contribution in [0.15, 0.2) is 51.8 Å². The van der Waals surface area contributed by atoms with Crippen molar-refractivity contribution in [2.75, 3.05) is 0 Å². The summed E-state index contributed by atoms with van der Waals surface area (Å²) in [7, 11) is 0. The van der Waals surface area contributed by atoms with E-state index in [1.165, 1.54) is 4.57 Å². The molecule has 0 atom stereocenters. The Morgan fingerprint density at radius 1 is 1.16 bits per heavy atom. The third kappa shape index (κ3) is 2.15. The van der Waals surface area contributed by atoms with Crippen molar-refractivity contribution in [3.05, 3.63) is 64.3 Å². The first-order chi connectivity index (χ1) is 9.28. The first-order valence-electron chi connectivity index (χ1n) is 5.91. The molecule has 0 saturated heterocycles. The number of aliphatic hydroxyl groups excluding tert-OH is 1. The molecule has 1 N–H and O–H groups in total. The lowest BCUT2D eigenvalue weighted by atomic mass is 10.1. The molecule has 19 heavy (non-hydrogen) atoms. The van der Waals surface area contributed by atoms with E-state index in [1.807, 2.05) is 24.3 Å². The van der Waals surface area contributed by atoms with Gasteiger partial charge in [-0.3, -0.25) is 4.57 Å². The molecule has 1 aromatic carbocycles. The Bertz CT molecular complexity index is 756. The van der Waals surface area contributed by atoms with Gasteiger partial charge < -0.3 is 9.52 Å². The Hall–Kier alpha value is -2.40. The highest BCUT2D eigenvalue weighted by molar-refractivity contribution is 5.67. The third-order valence-corrected chi connectivity index (χ3v) is 2.97. The molecule has 0 unspecified atom stereocenters. The Balaban J connectivity index is 2.00. The maximum Gasteiger partial charge on any atom is 0.421 e. The maximum atomic E-state index is 11.8. The van der Waals surface area contributed by atoms with Gasteiger partial charge in [-0.2, -0.15) is 0 Å². The summed E-state index contributed by atoms with van der Waals surface area (Å²) in [5.74, 6) is -0.417. The fraction of sp³-hybridized carbons (Fsp3) is 0.143. The number of benzene rings is 1. The van der Waals surface area contributed by atoms with Crippen LogP contribution < -0.4 is 5.76 Å². The van der Waals surface area contributed by atoms with Crippen molar-refractivity contribution in [2.24, 2.45) is 0 Å². The zero-order valence-corrected chi connectivity index (χ0v) is 10.1. The van der Waals surface area contributed by atoms with Crippen molar-refractivity contribution in [1.29, 1.82) is 0 Å². The van der Waals surface area contributed by atoms with Crippen molar-refractivity contribution in [3.8, 4) is 0 Å². The number of aromatic nitrogens is 2. The molecule has 3 aromatic rings. The molecule has 0 spiro atoms. The van der Waals surface area contributed by atoms with Gasteiger partial charge in [0, 0.05) is 6.20 Å². The largest absolute Gasteiger partial charge is 0.421 e. The van der Waals surface area contributed by atoms with Crippen molar-refractivity contribution < 1.29 is 9.52 Å². The SMILES string of the molecule is O=c1oc2cccnc2n1Cc1ccc(CO)cc1. The van der Waals surface area contributed by atoms with Gasteiger partial charge in [-0.1, -0.05) is 24.3 Å². The topological polar surface area (TPSA) is 68.3 Å². The number of hydrogen-bond acceptors (Lipinski definition) is 4. The molecular weight excluding hydrogens is 244 g/mol. The lowest BCUT2D eigenvalue weighted by Crippen LogP contribution is -2.15. The number of nitrogens with zero attached hydrogens (tertiary/aromatic N) is 2. The molecule has 0 bridgehead atoms. The monoisotopic (exact) mass is 256 g/mol. The predicted octanol–water partition coefficient (Wildman–Crippen LogP) is 1.53. The van der Waals surface area contributed by atoms with Crippen LogP contribution in [-0.2, 0) is 13.2 Å². The second kappa shape index (κ2) is 4.70. The van der Waals surface area contributed by atoms with Crippen LogP contribution in [0.3, 0.4) is 0 Å². The van der Waals surface area contributed by atoms with E-state index >= 15 is 0 Å². The minimum absolute atomic E-state index is 0.0103. The molecular formula is C14H12N2O3. The maximum absolute atomic E-state index is 11.8. The van der Waals surface area contributed by atoms with Crippen LogP contribution in [0.5, 0.6) is 0 Å². The summed E-state index contributed by atoms with van der Waals surface area (Å²) in [6.45, 7) is 0.408. The van der Waals surface area contributed by atoms with E-state index in [0.29, 0.717) is 17.8 Å². The summed E-state index contributed by atoms with van der Waals surface area (Å²) >= 11 is 0. The van der Waals surface area contributed by atoms with Gasteiger partial charge in [0.2, 0.25) is 0 Å². The van der Waals surface area contributed by atoms with E-state index in [4.69, 9.17) is 9.52 Å². The number of rotatable bonds is 3. The lowest BCUT2D eigenvalue weighted by molar-refractivity contribution is 0.282. The van der Waals surface area contributed by atoms with E-state index in [-0.39, 0.29) is 6.61 Å². The molecule has 0 radical (unpaired) electrons. The molecule has 5 heteroatoms. The Labute approximate surface area is 108 Å². The van der Waals surface area contributed by atoms with E-state index in [9.17, 15) is 4.79 Å². The summed E-state index contributed by atoms with van der Waals surface area (Å²) < 4.78 is 6.61. The summed E-state index contributed by atoms with van der Waals surface area (Å²) in [6.07, 6.45) is 1.63. The van der Waals surface area contributed by atoms with Gasteiger partial charge in [-0.25, -0.2) is 9.78 Å². The molecule has 0 fully saturated rings. The lowest BCUT2D eigenvalue weighted by Gasteiger charge is -2.03. The fourth-order valence-electron chi connectivity index (χ4n) is 1.97. The van der Waals surface area contributed by atoms with Gasteiger partial charge in [-0.15, -0.1) is 0 Å². The summed E-state index contributed by atoms with van der Waals surface area (Å²) in [4.78, 5) is 15.9. The Morgan fingerprint density at radius 3 is 2.63 bits per heavy atom. The van der Waals surface area contributed by atoms with E-state index in [0.717, 1.165) is 11.1 Å². The van der Waals surface area contributed by atoms with E-state index in [2.05, 4.69) is 4.98 Å². The molecule has 0 saturated carbocycles. The minimum atomic E-state index is -0.417. The van der Waals surface area contributed by atoms with Crippen molar-refractivity contribution >= 4 is 11.2 Å². The molecule has 5 nitrogen and oxygen atoms in total. The van der Waals surface area contributed by atoms with Crippen LogP contribution in [0.2, 0.25) is 0 Å². The highest BCUT2D eigenvalue weighted by Crippen LogP contribution is 2.11. The van der Waals surface area contributed by atoms with Gasteiger partial charge in [0.15, 0.2) is 11.2 Å². The van der Waals surface area contributed by atoms with Crippen LogP contribution in [0.4, 0.5) is 0 Å². The van der Waals surface area contributed by atoms with Crippen LogP contribution in [0.25, 0.3) is 11.2 Å². The number of aliphatic hydroxyl groups is 1. The summed E-state index contributed by atoms with van der Waals surface area (Å²) in [5.41, 5.74) is 2.82. The molecule has 96 valence electrons. The van der Waals surface area contributed by atoms with E-state index in [1.54, 1.807) is 18.3 Å². The average Bonchev–Trinajstić information content (AvgIpc) is 2.76. The third-order valence-electron chi connectivity index (χ3n) is 2.97. The predicted molar refractivity (Wildman–Crippen MR) is 69.7 cm³/mol. The van der Waals surface area contributed by atoms with Gasteiger partial charge in [0.1, 0.15) is 0 Å². The van der Waals surface area contributed by atoms with Crippen LogP contribution >= 0.6 is 0 Å². The normalized spacial score (nSPS) is 11.0. The first-order valence-corrected chi connectivity index (χ1v) is 5.91. The average molecular weight is 256 g/mol. The summed E-state index contributed by atoms with van der Waals surface area (Å²) in [6, 6.07) is 10.9. The second-order valence-corrected chi connectivity index (χ2v) is 4.25. The molecule has 3 rings (SSSR count). The highest BCUT2D eigenvalue weighted by Gasteiger charge is 2.09. The van der Waals surface area contributed by atoms with Crippen molar-refractivity contribution in [1.82, 2.24) is 9.55 Å². The smallest absolute Gasteiger partial charge is 0.406 e. The van der Waals surface area contributed by atoms with Crippen LogP contribution in [0, 0.1) is 0 Å².